The van der Waals surface area contributed by atoms with Gasteiger partial charge < -0.3 is 22.0 Å². The van der Waals surface area contributed by atoms with E-state index in [9.17, 15) is 5.11 Å². The fourth-order valence-corrected chi connectivity index (χ4v) is 4.90. The van der Waals surface area contributed by atoms with Crippen LogP contribution in [0.5, 0.6) is 0 Å². The quantitative estimate of drug-likeness (QED) is 0.119. The monoisotopic (exact) mass is 475 g/mol. The number of quaternary nitrogens is 1. The van der Waals surface area contributed by atoms with Gasteiger partial charge in [0.05, 0.1) is 26.7 Å². The van der Waals surface area contributed by atoms with Crippen molar-refractivity contribution in [3.05, 3.63) is 0 Å². The van der Waals surface area contributed by atoms with Crippen LogP contribution in [0, 0.1) is 0 Å². The predicted octanol–water partition coefficient (Wildman–Crippen LogP) is 6.05. The molecule has 32 heavy (non-hydrogen) atoms. The molecule has 1 N–H and O–H groups in total. The van der Waals surface area contributed by atoms with Crippen LogP contribution in [0.15, 0.2) is 0 Å². The molecule has 0 rings (SSSR count). The van der Waals surface area contributed by atoms with E-state index in [1.165, 1.54) is 159 Å². The van der Waals surface area contributed by atoms with Gasteiger partial charge in [0, 0.05) is 6.61 Å². The van der Waals surface area contributed by atoms with Crippen molar-refractivity contribution in [2.24, 2.45) is 0 Å². The van der Waals surface area contributed by atoms with E-state index in [1.54, 1.807) is 0 Å². The molecule has 0 amide bonds. The number of aliphatic hydroxyl groups excluding tert-OH is 1. The van der Waals surface area contributed by atoms with Gasteiger partial charge in [0.2, 0.25) is 0 Å². The van der Waals surface area contributed by atoms with E-state index in [0.29, 0.717) is 6.61 Å². The summed E-state index contributed by atoms with van der Waals surface area (Å²) in [6, 6.07) is 0. The Labute approximate surface area is 210 Å². The zero-order chi connectivity index (χ0) is 22.9. The van der Waals surface area contributed by atoms with Crippen molar-refractivity contribution in [1.82, 2.24) is 0 Å². The Bertz CT molecular complexity index is 313. The molecule has 3 heteroatoms. The first kappa shape index (κ1) is 34.4. The van der Waals surface area contributed by atoms with Crippen LogP contribution >= 0.6 is 0 Å². The molecule has 0 saturated carbocycles. The van der Waals surface area contributed by atoms with Crippen molar-refractivity contribution in [1.29, 1.82) is 0 Å². The lowest BCUT2D eigenvalue weighted by Gasteiger charge is -2.35. The van der Waals surface area contributed by atoms with Gasteiger partial charge in [0.25, 0.3) is 0 Å². The van der Waals surface area contributed by atoms with Gasteiger partial charge in [0.15, 0.2) is 0 Å². The zero-order valence-corrected chi connectivity index (χ0v) is 23.4. The highest BCUT2D eigenvalue weighted by Crippen LogP contribution is 2.16. The highest BCUT2D eigenvalue weighted by molar-refractivity contribution is 4.51. The standard InChI is InChI=1S/C29H62NO.ClH/c1-4-6-8-10-12-14-16-18-20-22-26-30(3,28-24-25-29-31)27-23-21-19-17-15-13-11-9-7-5-2;/h31H,4-29H2,1-3H3;1H/q+1;/p-1. The third-order valence-electron chi connectivity index (χ3n) is 7.21. The topological polar surface area (TPSA) is 20.2 Å². The highest BCUT2D eigenvalue weighted by Gasteiger charge is 2.20. The number of aliphatic hydroxyl groups is 1. The van der Waals surface area contributed by atoms with E-state index in [-0.39, 0.29) is 12.4 Å². The number of halogens is 1. The molecular weight excluding hydrogens is 414 g/mol. The molecule has 0 unspecified atom stereocenters. The Kier molecular flexibility index (Phi) is 29.5. The van der Waals surface area contributed by atoms with Gasteiger partial charge in [-0.15, -0.1) is 0 Å². The van der Waals surface area contributed by atoms with Crippen LogP contribution in [0.3, 0.4) is 0 Å². The lowest BCUT2D eigenvalue weighted by Crippen LogP contribution is -3.00. The molecule has 2 nitrogen and oxygen atoms in total. The Balaban J connectivity index is 0. The first-order chi connectivity index (χ1) is 15.2. The Morgan fingerprint density at radius 2 is 0.656 bits per heavy atom. The van der Waals surface area contributed by atoms with Gasteiger partial charge >= 0.3 is 0 Å². The summed E-state index contributed by atoms with van der Waals surface area (Å²) in [6.07, 6.45) is 30.7. The van der Waals surface area contributed by atoms with E-state index in [1.807, 2.05) is 0 Å². The molecule has 0 aromatic carbocycles. The fourth-order valence-electron chi connectivity index (χ4n) is 4.90. The van der Waals surface area contributed by atoms with E-state index in [2.05, 4.69) is 20.9 Å². The second kappa shape index (κ2) is 27.5. The van der Waals surface area contributed by atoms with Crippen LogP contribution in [-0.2, 0) is 0 Å². The summed E-state index contributed by atoms with van der Waals surface area (Å²) in [5, 5.41) is 9.19. The van der Waals surface area contributed by atoms with Gasteiger partial charge in [-0.2, -0.15) is 0 Å². The molecule has 0 aromatic rings. The maximum Gasteiger partial charge on any atom is 0.0785 e. The molecule has 0 aromatic heterocycles. The van der Waals surface area contributed by atoms with Crippen LogP contribution in [0.25, 0.3) is 0 Å². The SMILES string of the molecule is CCCCCCCCCCCC[N+](C)(CCCCO)CCCCCCCCCCCC.[Cl-]. The third kappa shape index (κ3) is 24.8. The minimum atomic E-state index is 0. The summed E-state index contributed by atoms with van der Waals surface area (Å²) in [5.74, 6) is 0. The third-order valence-corrected chi connectivity index (χ3v) is 7.21. The summed E-state index contributed by atoms with van der Waals surface area (Å²) in [4.78, 5) is 0. The highest BCUT2D eigenvalue weighted by atomic mass is 35.5. The maximum absolute atomic E-state index is 9.19. The molecule has 0 aliphatic rings. The lowest BCUT2D eigenvalue weighted by molar-refractivity contribution is -0.910. The number of unbranched alkanes of at least 4 members (excludes halogenated alkanes) is 19. The van der Waals surface area contributed by atoms with Gasteiger partial charge in [-0.25, -0.2) is 0 Å². The average Bonchev–Trinajstić information content (AvgIpc) is 2.76. The predicted molar refractivity (Wildman–Crippen MR) is 141 cm³/mol. The molecule has 0 bridgehead atoms. The normalized spacial score (nSPS) is 11.6. The van der Waals surface area contributed by atoms with Crippen LogP contribution in [-0.4, -0.2) is 42.9 Å². The lowest BCUT2D eigenvalue weighted by atomic mass is 10.1. The van der Waals surface area contributed by atoms with E-state index in [4.69, 9.17) is 0 Å². The Morgan fingerprint density at radius 3 is 0.938 bits per heavy atom. The molecule has 196 valence electrons. The molecule has 0 fully saturated rings. The Hall–Kier alpha value is 0.210. The Morgan fingerprint density at radius 1 is 0.406 bits per heavy atom. The first-order valence-corrected chi connectivity index (χ1v) is 14.6. The van der Waals surface area contributed by atoms with E-state index >= 15 is 0 Å². The largest absolute Gasteiger partial charge is 1.00 e. The molecule has 0 heterocycles. The van der Waals surface area contributed by atoms with Crippen molar-refractivity contribution in [3.63, 3.8) is 0 Å². The van der Waals surface area contributed by atoms with Crippen LogP contribution in [0.1, 0.15) is 155 Å². The van der Waals surface area contributed by atoms with Crippen molar-refractivity contribution in [3.8, 4) is 0 Å². The summed E-state index contributed by atoms with van der Waals surface area (Å²) < 4.78 is 1.24. The van der Waals surface area contributed by atoms with Crippen molar-refractivity contribution in [2.45, 2.75) is 155 Å². The van der Waals surface area contributed by atoms with Gasteiger partial charge in [0.1, 0.15) is 0 Å². The van der Waals surface area contributed by atoms with Gasteiger partial charge in [-0.3, -0.25) is 0 Å². The van der Waals surface area contributed by atoms with Crippen molar-refractivity contribution < 1.29 is 22.0 Å². The summed E-state index contributed by atoms with van der Waals surface area (Å²) in [7, 11) is 2.48. The number of hydrogen-bond acceptors (Lipinski definition) is 1. The average molecular weight is 476 g/mol. The van der Waals surface area contributed by atoms with Crippen molar-refractivity contribution >= 4 is 0 Å². The summed E-state index contributed by atoms with van der Waals surface area (Å²) in [6.45, 7) is 8.91. The second-order valence-corrected chi connectivity index (χ2v) is 10.6. The molecule has 0 atom stereocenters. The minimum absolute atomic E-state index is 0. The van der Waals surface area contributed by atoms with Crippen LogP contribution in [0.4, 0.5) is 0 Å². The molecule has 0 saturated heterocycles. The minimum Gasteiger partial charge on any atom is -1.00 e. The van der Waals surface area contributed by atoms with E-state index < -0.39 is 0 Å². The smallest absolute Gasteiger partial charge is 0.0785 e. The van der Waals surface area contributed by atoms with Gasteiger partial charge in [-0.1, -0.05) is 117 Å². The fraction of sp³-hybridized carbons (Fsp3) is 1.00. The summed E-state index contributed by atoms with van der Waals surface area (Å²) in [5.41, 5.74) is 0. The second-order valence-electron chi connectivity index (χ2n) is 10.6. The van der Waals surface area contributed by atoms with Gasteiger partial charge in [-0.05, 0) is 38.5 Å². The first-order valence-electron chi connectivity index (χ1n) is 14.6. The maximum atomic E-state index is 9.19. The van der Waals surface area contributed by atoms with E-state index in [0.717, 1.165) is 6.42 Å². The number of hydrogen-bond donors (Lipinski definition) is 1. The molecule has 0 aliphatic carbocycles. The molecule has 0 aliphatic heterocycles. The van der Waals surface area contributed by atoms with Crippen LogP contribution < -0.4 is 12.4 Å². The van der Waals surface area contributed by atoms with Crippen LogP contribution in [0.2, 0.25) is 0 Å². The summed E-state index contributed by atoms with van der Waals surface area (Å²) >= 11 is 0. The zero-order valence-electron chi connectivity index (χ0n) is 22.7. The number of nitrogens with zero attached hydrogens (tertiary/aromatic N) is 1. The number of rotatable bonds is 26. The molecule has 0 spiro atoms. The molecule has 0 radical (unpaired) electrons. The van der Waals surface area contributed by atoms with Crippen molar-refractivity contribution in [2.75, 3.05) is 33.3 Å². The molecular formula is C29H62ClNO.